The van der Waals surface area contributed by atoms with Crippen LogP contribution < -0.4 is 5.32 Å². The fourth-order valence-electron chi connectivity index (χ4n) is 1.90. The fourth-order valence-corrected chi connectivity index (χ4v) is 2.60. The average Bonchev–Trinajstić information content (AvgIpc) is 2.91. The zero-order valence-corrected chi connectivity index (χ0v) is 11.2. The van der Waals surface area contributed by atoms with Gasteiger partial charge in [-0.05, 0) is 28.8 Å². The number of morpholine rings is 1. The molecule has 2 rings (SSSR count). The summed E-state index contributed by atoms with van der Waals surface area (Å²) in [6, 6.07) is 0.770. The number of rotatable bonds is 4. The second-order valence-corrected chi connectivity index (χ2v) is 5.02. The number of carbonyl (C=O) groups is 2. The Morgan fingerprint density at radius 2 is 2.42 bits per heavy atom. The second kappa shape index (κ2) is 6.53. The lowest BCUT2D eigenvalue weighted by molar-refractivity contribution is -0.147. The maximum Gasteiger partial charge on any atom is 0.328 e. The van der Waals surface area contributed by atoms with E-state index >= 15 is 0 Å². The molecule has 7 heteroatoms. The number of carbonyl (C=O) groups excluding carboxylic acids is 1. The molecule has 1 unspecified atom stereocenters. The number of urea groups is 1. The van der Waals surface area contributed by atoms with Crippen LogP contribution >= 0.6 is 11.3 Å². The van der Waals surface area contributed by atoms with Crippen LogP contribution in [0.25, 0.3) is 0 Å². The van der Waals surface area contributed by atoms with Crippen LogP contribution in [0.1, 0.15) is 5.56 Å². The first-order valence-electron chi connectivity index (χ1n) is 6.04. The monoisotopic (exact) mass is 284 g/mol. The normalized spacial score (nSPS) is 19.2. The fraction of sp³-hybridized carbons (Fsp3) is 0.500. The van der Waals surface area contributed by atoms with Crippen LogP contribution in [0.15, 0.2) is 16.8 Å². The van der Waals surface area contributed by atoms with Crippen molar-refractivity contribution in [1.82, 2.24) is 10.2 Å². The third-order valence-electron chi connectivity index (χ3n) is 2.94. The van der Waals surface area contributed by atoms with Crippen molar-refractivity contribution in [3.63, 3.8) is 0 Å². The van der Waals surface area contributed by atoms with E-state index in [1.807, 2.05) is 16.8 Å². The number of nitrogens with zero attached hydrogens (tertiary/aromatic N) is 1. The molecule has 1 saturated heterocycles. The molecular formula is C12H16N2O4S. The largest absolute Gasteiger partial charge is 0.480 e. The molecule has 1 aromatic heterocycles. The van der Waals surface area contributed by atoms with Gasteiger partial charge in [0, 0.05) is 13.1 Å². The van der Waals surface area contributed by atoms with Crippen molar-refractivity contribution >= 4 is 23.3 Å². The highest BCUT2D eigenvalue weighted by molar-refractivity contribution is 7.07. The molecule has 0 saturated carbocycles. The van der Waals surface area contributed by atoms with Gasteiger partial charge in [-0.15, -0.1) is 0 Å². The Labute approximate surface area is 115 Å². The number of carboxylic acid groups (broad SMARTS) is 1. The molecule has 2 N–H and O–H groups in total. The second-order valence-electron chi connectivity index (χ2n) is 4.24. The van der Waals surface area contributed by atoms with Crippen LogP contribution in [-0.2, 0) is 16.0 Å². The Bertz CT molecular complexity index is 435. The van der Waals surface area contributed by atoms with Gasteiger partial charge in [-0.1, -0.05) is 0 Å². The molecule has 1 aliphatic heterocycles. The predicted octanol–water partition coefficient (Wildman–Crippen LogP) is 0.786. The Morgan fingerprint density at radius 3 is 3.11 bits per heavy atom. The summed E-state index contributed by atoms with van der Waals surface area (Å²) < 4.78 is 5.09. The van der Waals surface area contributed by atoms with Crippen LogP contribution in [0, 0.1) is 0 Å². The zero-order chi connectivity index (χ0) is 13.7. The highest BCUT2D eigenvalue weighted by atomic mass is 32.1. The molecule has 0 radical (unpaired) electrons. The minimum Gasteiger partial charge on any atom is -0.480 e. The SMILES string of the molecule is O=C(O)C1COCCN1C(=O)NCCc1ccsc1. The number of carboxylic acids is 1. The smallest absolute Gasteiger partial charge is 0.328 e. The summed E-state index contributed by atoms with van der Waals surface area (Å²) >= 11 is 1.61. The number of aliphatic carboxylic acids is 1. The van der Waals surface area contributed by atoms with E-state index in [1.54, 1.807) is 11.3 Å². The molecule has 2 amide bonds. The van der Waals surface area contributed by atoms with E-state index in [-0.39, 0.29) is 12.6 Å². The number of nitrogens with one attached hydrogen (secondary N) is 1. The molecule has 6 nitrogen and oxygen atoms in total. The molecule has 0 bridgehead atoms. The van der Waals surface area contributed by atoms with Crippen molar-refractivity contribution in [2.75, 3.05) is 26.3 Å². The van der Waals surface area contributed by atoms with E-state index in [0.29, 0.717) is 19.7 Å². The van der Waals surface area contributed by atoms with Gasteiger partial charge in [-0.3, -0.25) is 0 Å². The molecule has 19 heavy (non-hydrogen) atoms. The quantitative estimate of drug-likeness (QED) is 0.856. The van der Waals surface area contributed by atoms with E-state index in [1.165, 1.54) is 10.5 Å². The highest BCUT2D eigenvalue weighted by Gasteiger charge is 2.32. The van der Waals surface area contributed by atoms with Crippen molar-refractivity contribution in [2.24, 2.45) is 0 Å². The average molecular weight is 284 g/mol. The van der Waals surface area contributed by atoms with Crippen molar-refractivity contribution < 1.29 is 19.4 Å². The standard InChI is InChI=1S/C12H16N2O4S/c15-11(16)10-7-18-5-4-14(10)12(17)13-3-1-9-2-6-19-8-9/h2,6,8,10H,1,3-5,7H2,(H,13,17)(H,15,16). The summed E-state index contributed by atoms with van der Waals surface area (Å²) in [7, 11) is 0. The maximum atomic E-state index is 11.9. The van der Waals surface area contributed by atoms with Crippen LogP contribution in [0.4, 0.5) is 4.79 Å². The number of hydrogen-bond acceptors (Lipinski definition) is 4. The molecule has 1 aliphatic rings. The van der Waals surface area contributed by atoms with Crippen molar-refractivity contribution in [3.8, 4) is 0 Å². The molecule has 0 aliphatic carbocycles. The first-order chi connectivity index (χ1) is 9.18. The van der Waals surface area contributed by atoms with Crippen molar-refractivity contribution in [1.29, 1.82) is 0 Å². The number of amides is 2. The molecule has 104 valence electrons. The van der Waals surface area contributed by atoms with Crippen LogP contribution in [0.2, 0.25) is 0 Å². The zero-order valence-electron chi connectivity index (χ0n) is 10.4. The number of ether oxygens (including phenoxy) is 1. The topological polar surface area (TPSA) is 78.9 Å². The lowest BCUT2D eigenvalue weighted by atomic mass is 10.2. The van der Waals surface area contributed by atoms with E-state index in [9.17, 15) is 9.59 Å². The Morgan fingerprint density at radius 1 is 1.58 bits per heavy atom. The molecule has 0 aromatic carbocycles. The van der Waals surface area contributed by atoms with E-state index in [4.69, 9.17) is 9.84 Å². The van der Waals surface area contributed by atoms with Crippen LogP contribution in [0.3, 0.4) is 0 Å². The Balaban J connectivity index is 1.82. The van der Waals surface area contributed by atoms with Gasteiger partial charge in [0.25, 0.3) is 0 Å². The van der Waals surface area contributed by atoms with Gasteiger partial charge in [0.05, 0.1) is 13.2 Å². The first kappa shape index (κ1) is 13.8. The van der Waals surface area contributed by atoms with Crippen molar-refractivity contribution in [3.05, 3.63) is 22.4 Å². The van der Waals surface area contributed by atoms with Gasteiger partial charge in [-0.25, -0.2) is 9.59 Å². The third-order valence-corrected chi connectivity index (χ3v) is 3.68. The maximum absolute atomic E-state index is 11.9. The summed E-state index contributed by atoms with van der Waals surface area (Å²) in [5.41, 5.74) is 1.17. The lowest BCUT2D eigenvalue weighted by Gasteiger charge is -2.32. The minimum atomic E-state index is -1.03. The highest BCUT2D eigenvalue weighted by Crippen LogP contribution is 2.08. The van der Waals surface area contributed by atoms with E-state index < -0.39 is 12.0 Å². The van der Waals surface area contributed by atoms with Crippen LogP contribution in [0.5, 0.6) is 0 Å². The molecule has 1 fully saturated rings. The number of thiophene rings is 1. The minimum absolute atomic E-state index is 0.0489. The van der Waals surface area contributed by atoms with Gasteiger partial charge in [-0.2, -0.15) is 11.3 Å². The summed E-state index contributed by atoms with van der Waals surface area (Å²) in [6.45, 7) is 1.23. The molecular weight excluding hydrogens is 268 g/mol. The lowest BCUT2D eigenvalue weighted by Crippen LogP contribution is -2.55. The summed E-state index contributed by atoms with van der Waals surface area (Å²) in [6.07, 6.45) is 0.747. The Kier molecular flexibility index (Phi) is 4.75. The van der Waals surface area contributed by atoms with Gasteiger partial charge in [0.1, 0.15) is 0 Å². The summed E-state index contributed by atoms with van der Waals surface area (Å²) in [5.74, 6) is -1.03. The predicted molar refractivity (Wildman–Crippen MR) is 70.4 cm³/mol. The molecule has 1 aromatic rings. The first-order valence-corrected chi connectivity index (χ1v) is 6.99. The van der Waals surface area contributed by atoms with Gasteiger partial charge >= 0.3 is 12.0 Å². The Hall–Kier alpha value is -1.60. The number of hydrogen-bond donors (Lipinski definition) is 2. The molecule has 0 spiro atoms. The van der Waals surface area contributed by atoms with E-state index in [0.717, 1.165) is 6.42 Å². The third kappa shape index (κ3) is 3.68. The summed E-state index contributed by atoms with van der Waals surface area (Å²) in [5, 5.41) is 15.8. The van der Waals surface area contributed by atoms with Gasteiger partial charge < -0.3 is 20.1 Å². The van der Waals surface area contributed by atoms with Gasteiger partial charge in [0.15, 0.2) is 6.04 Å². The van der Waals surface area contributed by atoms with Crippen molar-refractivity contribution in [2.45, 2.75) is 12.5 Å². The summed E-state index contributed by atoms with van der Waals surface area (Å²) in [4.78, 5) is 24.3. The molecule has 2 heterocycles. The van der Waals surface area contributed by atoms with Gasteiger partial charge in [0.2, 0.25) is 0 Å². The van der Waals surface area contributed by atoms with E-state index in [2.05, 4.69) is 5.32 Å². The van der Waals surface area contributed by atoms with Crippen LogP contribution in [-0.4, -0.2) is 54.4 Å². The molecule has 1 atom stereocenters.